The molecule has 0 unspecified atom stereocenters. The minimum absolute atomic E-state index is 0.0736. The van der Waals surface area contributed by atoms with Gasteiger partial charge in [-0.25, -0.2) is 4.79 Å². The molecule has 0 saturated heterocycles. The van der Waals surface area contributed by atoms with Crippen LogP contribution in [0.3, 0.4) is 0 Å². The van der Waals surface area contributed by atoms with Crippen molar-refractivity contribution in [2.75, 3.05) is 17.6 Å². The van der Waals surface area contributed by atoms with E-state index in [9.17, 15) is 9.59 Å². The SMILES string of the molecule is NC(=O)CCNc1ccc(N)cc1C(=O)O. The quantitative estimate of drug-likeness (QED) is 0.534. The van der Waals surface area contributed by atoms with E-state index in [1.165, 1.54) is 6.07 Å². The Balaban J connectivity index is 2.78. The van der Waals surface area contributed by atoms with Crippen molar-refractivity contribution in [1.82, 2.24) is 0 Å². The predicted octanol–water partition coefficient (Wildman–Crippen LogP) is 0.254. The fourth-order valence-corrected chi connectivity index (χ4v) is 1.21. The fourth-order valence-electron chi connectivity index (χ4n) is 1.21. The number of carboxylic acid groups (broad SMARTS) is 1. The largest absolute Gasteiger partial charge is 0.478 e. The lowest BCUT2D eigenvalue weighted by atomic mass is 10.1. The van der Waals surface area contributed by atoms with Crippen molar-refractivity contribution in [1.29, 1.82) is 0 Å². The minimum Gasteiger partial charge on any atom is -0.478 e. The van der Waals surface area contributed by atoms with Crippen molar-refractivity contribution in [3.8, 4) is 0 Å². The summed E-state index contributed by atoms with van der Waals surface area (Å²) >= 11 is 0. The van der Waals surface area contributed by atoms with E-state index in [1.54, 1.807) is 12.1 Å². The van der Waals surface area contributed by atoms with E-state index in [2.05, 4.69) is 5.32 Å². The Morgan fingerprint density at radius 3 is 2.62 bits per heavy atom. The summed E-state index contributed by atoms with van der Waals surface area (Å²) in [4.78, 5) is 21.4. The van der Waals surface area contributed by atoms with Crippen LogP contribution < -0.4 is 16.8 Å². The van der Waals surface area contributed by atoms with Gasteiger partial charge in [-0.1, -0.05) is 0 Å². The number of carboxylic acids is 1. The van der Waals surface area contributed by atoms with Crippen LogP contribution in [0.5, 0.6) is 0 Å². The first-order chi connectivity index (χ1) is 7.50. The molecular weight excluding hydrogens is 210 g/mol. The Bertz CT molecular complexity index is 418. The molecule has 1 aromatic rings. The molecule has 1 amide bonds. The van der Waals surface area contributed by atoms with E-state index in [4.69, 9.17) is 16.6 Å². The van der Waals surface area contributed by atoms with E-state index >= 15 is 0 Å². The second-order valence-electron chi connectivity index (χ2n) is 3.25. The molecule has 16 heavy (non-hydrogen) atoms. The van der Waals surface area contributed by atoms with Crippen LogP contribution in [0.1, 0.15) is 16.8 Å². The second kappa shape index (κ2) is 5.01. The number of benzene rings is 1. The molecule has 86 valence electrons. The third-order valence-electron chi connectivity index (χ3n) is 1.96. The zero-order valence-electron chi connectivity index (χ0n) is 8.56. The molecule has 0 fully saturated rings. The second-order valence-corrected chi connectivity index (χ2v) is 3.25. The number of primary amides is 1. The molecule has 0 aromatic heterocycles. The van der Waals surface area contributed by atoms with Crippen LogP contribution in [-0.2, 0) is 4.79 Å². The number of aromatic carboxylic acids is 1. The van der Waals surface area contributed by atoms with Crippen LogP contribution in [0.15, 0.2) is 18.2 Å². The molecule has 1 aromatic carbocycles. The van der Waals surface area contributed by atoms with E-state index in [-0.39, 0.29) is 12.0 Å². The zero-order valence-corrected chi connectivity index (χ0v) is 8.56. The smallest absolute Gasteiger partial charge is 0.337 e. The lowest BCUT2D eigenvalue weighted by molar-refractivity contribution is -0.117. The molecule has 0 saturated carbocycles. The summed E-state index contributed by atoms with van der Waals surface area (Å²) < 4.78 is 0. The summed E-state index contributed by atoms with van der Waals surface area (Å²) in [7, 11) is 0. The van der Waals surface area contributed by atoms with Crippen LogP contribution in [-0.4, -0.2) is 23.5 Å². The van der Waals surface area contributed by atoms with Crippen molar-refractivity contribution in [2.24, 2.45) is 5.73 Å². The summed E-state index contributed by atoms with van der Waals surface area (Å²) in [6.45, 7) is 0.291. The van der Waals surface area contributed by atoms with Gasteiger partial charge in [0.1, 0.15) is 0 Å². The van der Waals surface area contributed by atoms with Crippen LogP contribution in [0.4, 0.5) is 11.4 Å². The van der Waals surface area contributed by atoms with Crippen molar-refractivity contribution >= 4 is 23.3 Å². The van der Waals surface area contributed by atoms with Gasteiger partial charge in [0.15, 0.2) is 0 Å². The maximum absolute atomic E-state index is 10.9. The number of carbonyl (C=O) groups excluding carboxylic acids is 1. The number of rotatable bonds is 5. The van der Waals surface area contributed by atoms with Gasteiger partial charge in [0.2, 0.25) is 5.91 Å². The molecule has 0 aliphatic heterocycles. The van der Waals surface area contributed by atoms with Gasteiger partial charge in [0, 0.05) is 24.3 Å². The Morgan fingerprint density at radius 2 is 2.06 bits per heavy atom. The molecule has 6 N–H and O–H groups in total. The molecule has 6 nitrogen and oxygen atoms in total. The Hall–Kier alpha value is -2.24. The molecule has 0 aliphatic rings. The van der Waals surface area contributed by atoms with Crippen molar-refractivity contribution in [2.45, 2.75) is 6.42 Å². The van der Waals surface area contributed by atoms with Crippen LogP contribution in [0.25, 0.3) is 0 Å². The molecule has 0 aliphatic carbocycles. The number of nitrogen functional groups attached to an aromatic ring is 1. The standard InChI is InChI=1S/C10H13N3O3/c11-6-1-2-8(7(5-6)10(15)16)13-4-3-9(12)14/h1-2,5,13H,3-4,11H2,(H2,12,14)(H,15,16). The lowest BCUT2D eigenvalue weighted by Crippen LogP contribution is -2.17. The molecule has 1 rings (SSSR count). The van der Waals surface area contributed by atoms with Gasteiger partial charge in [0.25, 0.3) is 0 Å². The Kier molecular flexibility index (Phi) is 3.71. The Morgan fingerprint density at radius 1 is 1.38 bits per heavy atom. The van der Waals surface area contributed by atoms with Gasteiger partial charge in [-0.3, -0.25) is 4.79 Å². The maximum Gasteiger partial charge on any atom is 0.337 e. The van der Waals surface area contributed by atoms with Crippen LogP contribution >= 0.6 is 0 Å². The average Bonchev–Trinajstić information content (AvgIpc) is 2.19. The predicted molar refractivity (Wildman–Crippen MR) is 60.1 cm³/mol. The van der Waals surface area contributed by atoms with Crippen molar-refractivity contribution < 1.29 is 14.7 Å². The molecule has 0 bridgehead atoms. The Labute approximate surface area is 92.2 Å². The van der Waals surface area contributed by atoms with Gasteiger partial charge in [-0.2, -0.15) is 0 Å². The molecular formula is C10H13N3O3. The summed E-state index contributed by atoms with van der Waals surface area (Å²) in [5.74, 6) is -1.52. The first-order valence-corrected chi connectivity index (χ1v) is 4.65. The summed E-state index contributed by atoms with van der Waals surface area (Å²) in [5.41, 5.74) is 11.3. The first-order valence-electron chi connectivity index (χ1n) is 4.65. The highest BCUT2D eigenvalue weighted by Gasteiger charge is 2.09. The molecule has 0 radical (unpaired) electrons. The highest BCUT2D eigenvalue weighted by atomic mass is 16.4. The number of hydrogen-bond donors (Lipinski definition) is 4. The molecule has 0 spiro atoms. The molecule has 6 heteroatoms. The monoisotopic (exact) mass is 223 g/mol. The van der Waals surface area contributed by atoms with Gasteiger partial charge in [-0.05, 0) is 18.2 Å². The van der Waals surface area contributed by atoms with E-state index in [1.807, 2.05) is 0 Å². The van der Waals surface area contributed by atoms with Crippen LogP contribution in [0, 0.1) is 0 Å². The number of hydrogen-bond acceptors (Lipinski definition) is 4. The highest BCUT2D eigenvalue weighted by molar-refractivity contribution is 5.95. The molecule has 0 atom stereocenters. The van der Waals surface area contributed by atoms with E-state index in [0.29, 0.717) is 17.9 Å². The number of anilines is 2. The third-order valence-corrected chi connectivity index (χ3v) is 1.96. The van der Waals surface area contributed by atoms with Gasteiger partial charge in [0.05, 0.1) is 5.56 Å². The minimum atomic E-state index is -1.08. The summed E-state index contributed by atoms with van der Waals surface area (Å²) in [5, 5.41) is 11.7. The topological polar surface area (TPSA) is 118 Å². The number of carbonyl (C=O) groups is 2. The number of nitrogens with two attached hydrogens (primary N) is 2. The number of nitrogens with one attached hydrogen (secondary N) is 1. The van der Waals surface area contributed by atoms with E-state index < -0.39 is 11.9 Å². The lowest BCUT2D eigenvalue weighted by Gasteiger charge is -2.09. The maximum atomic E-state index is 10.9. The van der Waals surface area contributed by atoms with Crippen molar-refractivity contribution in [3.05, 3.63) is 23.8 Å². The summed E-state index contributed by atoms with van der Waals surface area (Å²) in [6, 6.07) is 4.49. The van der Waals surface area contributed by atoms with Gasteiger partial charge < -0.3 is 21.9 Å². The normalized spacial score (nSPS) is 9.75. The van der Waals surface area contributed by atoms with Crippen molar-refractivity contribution in [3.63, 3.8) is 0 Å². The third kappa shape index (κ3) is 3.16. The zero-order chi connectivity index (χ0) is 12.1. The highest BCUT2D eigenvalue weighted by Crippen LogP contribution is 2.18. The van der Waals surface area contributed by atoms with Gasteiger partial charge >= 0.3 is 5.97 Å². The summed E-state index contributed by atoms with van der Waals surface area (Å²) in [6.07, 6.45) is 0.142. The number of amides is 1. The van der Waals surface area contributed by atoms with Crippen LogP contribution in [0.2, 0.25) is 0 Å². The van der Waals surface area contributed by atoms with Gasteiger partial charge in [-0.15, -0.1) is 0 Å². The first kappa shape index (κ1) is 11.8. The molecule has 0 heterocycles. The van der Waals surface area contributed by atoms with E-state index in [0.717, 1.165) is 0 Å². The fraction of sp³-hybridized carbons (Fsp3) is 0.200. The average molecular weight is 223 g/mol.